The maximum absolute atomic E-state index is 5.57. The van der Waals surface area contributed by atoms with Gasteiger partial charge in [-0.1, -0.05) is 0 Å². The van der Waals surface area contributed by atoms with E-state index in [-0.39, 0.29) is 0 Å². The zero-order valence-corrected chi connectivity index (χ0v) is 11.0. The van der Waals surface area contributed by atoms with Gasteiger partial charge in [0.15, 0.2) is 0 Å². The quantitative estimate of drug-likeness (QED) is 0.751. The molecule has 0 atom stereocenters. The number of hydrogen-bond donors (Lipinski definition) is 0. The van der Waals surface area contributed by atoms with Crippen LogP contribution < -0.4 is 4.90 Å². The Hall–Kier alpha value is -0.680. The number of ether oxygens (including phenoxy) is 1. The molecule has 1 saturated carbocycles. The van der Waals surface area contributed by atoms with Crippen molar-refractivity contribution < 1.29 is 4.74 Å². The average Bonchev–Trinajstić information content (AvgIpc) is 3.09. The van der Waals surface area contributed by atoms with Gasteiger partial charge in [0.2, 0.25) is 5.95 Å². The Kier molecular flexibility index (Phi) is 4.12. The minimum absolute atomic E-state index is 0.734. The van der Waals surface area contributed by atoms with Crippen molar-refractivity contribution in [3.05, 3.63) is 16.9 Å². The van der Waals surface area contributed by atoms with Crippen LogP contribution in [0.25, 0.3) is 0 Å². The van der Waals surface area contributed by atoms with E-state index in [1.807, 2.05) is 11.9 Å². The molecule has 16 heavy (non-hydrogen) atoms. The zero-order valence-electron chi connectivity index (χ0n) is 9.40. The number of rotatable bonds is 6. The molecule has 88 valence electrons. The first kappa shape index (κ1) is 11.8. The van der Waals surface area contributed by atoms with Gasteiger partial charge in [-0.3, -0.25) is 0 Å². The lowest BCUT2D eigenvalue weighted by Crippen LogP contribution is -2.24. The molecule has 1 aliphatic rings. The van der Waals surface area contributed by atoms with Gasteiger partial charge in [-0.05, 0) is 34.7 Å². The highest BCUT2D eigenvalue weighted by Crippen LogP contribution is 2.28. The molecule has 0 unspecified atom stereocenters. The summed E-state index contributed by atoms with van der Waals surface area (Å²) in [4.78, 5) is 10.4. The predicted molar refractivity (Wildman–Crippen MR) is 66.5 cm³/mol. The largest absolute Gasteiger partial charge is 0.379 e. The van der Waals surface area contributed by atoms with E-state index < -0.39 is 0 Å². The lowest BCUT2D eigenvalue weighted by Gasteiger charge is -2.16. The van der Waals surface area contributed by atoms with Crippen molar-refractivity contribution in [2.45, 2.75) is 12.8 Å². The maximum Gasteiger partial charge on any atom is 0.225 e. The van der Waals surface area contributed by atoms with Gasteiger partial charge in [-0.2, -0.15) is 0 Å². The number of anilines is 1. The monoisotopic (exact) mass is 285 g/mol. The Balaban J connectivity index is 1.69. The van der Waals surface area contributed by atoms with Crippen LogP contribution in [0.3, 0.4) is 0 Å². The highest BCUT2D eigenvalue weighted by Gasteiger charge is 2.20. The first-order chi connectivity index (χ1) is 7.75. The molecule has 5 heteroatoms. The van der Waals surface area contributed by atoms with Crippen molar-refractivity contribution in [3.63, 3.8) is 0 Å². The average molecular weight is 286 g/mol. The van der Waals surface area contributed by atoms with Crippen LogP contribution >= 0.6 is 15.9 Å². The normalized spacial score (nSPS) is 15.1. The van der Waals surface area contributed by atoms with E-state index in [0.29, 0.717) is 0 Å². The molecule has 0 radical (unpaired) electrons. The summed E-state index contributed by atoms with van der Waals surface area (Å²) in [5, 5.41) is 0. The molecule has 0 aromatic carbocycles. The molecule has 1 aromatic rings. The van der Waals surface area contributed by atoms with Crippen LogP contribution in [0.1, 0.15) is 12.8 Å². The Labute approximate surface area is 104 Å². The van der Waals surface area contributed by atoms with Gasteiger partial charge in [-0.15, -0.1) is 0 Å². The van der Waals surface area contributed by atoms with Crippen LogP contribution in [0.4, 0.5) is 5.95 Å². The van der Waals surface area contributed by atoms with Crippen LogP contribution in [0.5, 0.6) is 0 Å². The van der Waals surface area contributed by atoms with Gasteiger partial charge >= 0.3 is 0 Å². The van der Waals surface area contributed by atoms with Gasteiger partial charge in [0.05, 0.1) is 11.1 Å². The fraction of sp³-hybridized carbons (Fsp3) is 0.636. The lowest BCUT2D eigenvalue weighted by molar-refractivity contribution is 0.130. The summed E-state index contributed by atoms with van der Waals surface area (Å²) >= 11 is 3.31. The molecule has 4 nitrogen and oxygen atoms in total. The van der Waals surface area contributed by atoms with Gasteiger partial charge in [0.1, 0.15) is 0 Å². The van der Waals surface area contributed by atoms with Crippen molar-refractivity contribution in [2.24, 2.45) is 5.92 Å². The number of hydrogen-bond acceptors (Lipinski definition) is 4. The summed E-state index contributed by atoms with van der Waals surface area (Å²) in [7, 11) is 1.98. The number of aromatic nitrogens is 2. The summed E-state index contributed by atoms with van der Waals surface area (Å²) in [5.74, 6) is 1.56. The molecule has 0 spiro atoms. The predicted octanol–water partition coefficient (Wildman–Crippen LogP) is 2.10. The van der Waals surface area contributed by atoms with Crippen molar-refractivity contribution in [2.75, 3.05) is 31.7 Å². The van der Waals surface area contributed by atoms with Crippen LogP contribution in [0.2, 0.25) is 0 Å². The molecule has 1 fully saturated rings. The molecule has 1 aromatic heterocycles. The number of halogens is 1. The molecule has 1 aliphatic carbocycles. The summed E-state index contributed by atoms with van der Waals surface area (Å²) < 4.78 is 6.46. The highest BCUT2D eigenvalue weighted by molar-refractivity contribution is 9.10. The van der Waals surface area contributed by atoms with Gasteiger partial charge in [-0.25, -0.2) is 9.97 Å². The SMILES string of the molecule is CN(CCOCC1CC1)c1ncc(Br)cn1. The second-order valence-corrected chi connectivity index (χ2v) is 5.06. The maximum atomic E-state index is 5.57. The van der Waals surface area contributed by atoms with Crippen molar-refractivity contribution in [1.82, 2.24) is 9.97 Å². The van der Waals surface area contributed by atoms with Crippen molar-refractivity contribution >= 4 is 21.9 Å². The third-order valence-corrected chi connectivity index (χ3v) is 2.98. The molecule has 0 saturated heterocycles. The minimum Gasteiger partial charge on any atom is -0.379 e. The van der Waals surface area contributed by atoms with Crippen molar-refractivity contribution in [1.29, 1.82) is 0 Å². The molecule has 2 rings (SSSR count). The molecule has 1 heterocycles. The van der Waals surface area contributed by atoms with Crippen LogP contribution in [-0.4, -0.2) is 36.8 Å². The summed E-state index contributed by atoms with van der Waals surface area (Å²) in [6.45, 7) is 2.48. The van der Waals surface area contributed by atoms with Gasteiger partial charge in [0.25, 0.3) is 0 Å². The van der Waals surface area contributed by atoms with E-state index in [0.717, 1.165) is 36.1 Å². The van der Waals surface area contributed by atoms with E-state index in [4.69, 9.17) is 4.74 Å². The first-order valence-corrected chi connectivity index (χ1v) is 6.31. The minimum atomic E-state index is 0.734. The van der Waals surface area contributed by atoms with Crippen LogP contribution in [0.15, 0.2) is 16.9 Å². The lowest BCUT2D eigenvalue weighted by atomic mass is 10.5. The highest BCUT2D eigenvalue weighted by atomic mass is 79.9. The Morgan fingerprint density at radius 2 is 2.12 bits per heavy atom. The topological polar surface area (TPSA) is 38.2 Å². The second kappa shape index (κ2) is 5.59. The Bertz CT molecular complexity index is 327. The third-order valence-electron chi connectivity index (χ3n) is 2.57. The standard InChI is InChI=1S/C11H16BrN3O/c1-15(4-5-16-8-9-2-3-9)11-13-6-10(12)7-14-11/h6-7,9H,2-5,8H2,1H3. The van der Waals surface area contributed by atoms with Crippen LogP contribution in [-0.2, 0) is 4.74 Å². The van der Waals surface area contributed by atoms with E-state index in [1.165, 1.54) is 12.8 Å². The molecule has 0 N–H and O–H groups in total. The zero-order chi connectivity index (χ0) is 11.4. The fourth-order valence-electron chi connectivity index (χ4n) is 1.34. The van der Waals surface area contributed by atoms with Gasteiger partial charge in [0, 0.05) is 32.6 Å². The Morgan fingerprint density at radius 3 is 2.75 bits per heavy atom. The number of nitrogens with zero attached hydrogens (tertiary/aromatic N) is 3. The van der Waals surface area contributed by atoms with E-state index in [2.05, 4.69) is 25.9 Å². The van der Waals surface area contributed by atoms with E-state index in [1.54, 1.807) is 12.4 Å². The summed E-state index contributed by atoms with van der Waals surface area (Å²) in [5.41, 5.74) is 0. The molecule has 0 aliphatic heterocycles. The molecular weight excluding hydrogens is 270 g/mol. The molecular formula is C11H16BrN3O. The van der Waals surface area contributed by atoms with E-state index >= 15 is 0 Å². The molecule has 0 bridgehead atoms. The third kappa shape index (κ3) is 3.72. The fourth-order valence-corrected chi connectivity index (χ4v) is 1.54. The van der Waals surface area contributed by atoms with Crippen LogP contribution in [0, 0.1) is 5.92 Å². The van der Waals surface area contributed by atoms with Crippen molar-refractivity contribution in [3.8, 4) is 0 Å². The number of likely N-dealkylation sites (N-methyl/N-ethyl adjacent to an activating group) is 1. The van der Waals surface area contributed by atoms with E-state index in [9.17, 15) is 0 Å². The Morgan fingerprint density at radius 1 is 1.44 bits per heavy atom. The summed E-state index contributed by atoms with van der Waals surface area (Å²) in [6, 6.07) is 0. The molecule has 0 amide bonds. The van der Waals surface area contributed by atoms with Gasteiger partial charge < -0.3 is 9.64 Å². The smallest absolute Gasteiger partial charge is 0.225 e. The first-order valence-electron chi connectivity index (χ1n) is 5.52. The second-order valence-electron chi connectivity index (χ2n) is 4.14. The summed E-state index contributed by atoms with van der Waals surface area (Å²) in [6.07, 6.45) is 6.19.